The van der Waals surface area contributed by atoms with Crippen LogP contribution in [0, 0.1) is 5.92 Å². The fraction of sp³-hybridized carbons (Fsp3) is 0.857. The maximum absolute atomic E-state index is 12.2. The summed E-state index contributed by atoms with van der Waals surface area (Å²) in [4.78, 5) is 25.9. The van der Waals surface area contributed by atoms with Crippen LogP contribution in [0.4, 0.5) is 4.79 Å². The van der Waals surface area contributed by atoms with Gasteiger partial charge in [0.05, 0.1) is 0 Å². The number of carbonyl (C=O) groups excluding carboxylic acids is 2. The number of ketones is 1. The third kappa shape index (κ3) is 2.85. The Morgan fingerprint density at radius 1 is 1.28 bits per heavy atom. The second-order valence-electron chi connectivity index (χ2n) is 6.35. The molecule has 0 aromatic heterocycles. The van der Waals surface area contributed by atoms with Crippen LogP contribution in [0.15, 0.2) is 0 Å². The number of hydrogen-bond acceptors (Lipinski definition) is 3. The van der Waals surface area contributed by atoms with E-state index in [0.717, 1.165) is 25.7 Å². The Bertz CT molecular complexity index is 345. The van der Waals surface area contributed by atoms with E-state index in [1.807, 2.05) is 20.8 Å². The summed E-state index contributed by atoms with van der Waals surface area (Å²) in [6.45, 7) is 6.14. The summed E-state index contributed by atoms with van der Waals surface area (Å²) >= 11 is 0. The summed E-state index contributed by atoms with van der Waals surface area (Å²) in [6.07, 6.45) is 4.31. The Morgan fingerprint density at radius 3 is 2.61 bits per heavy atom. The van der Waals surface area contributed by atoms with Crippen molar-refractivity contribution >= 4 is 11.9 Å². The predicted octanol–water partition coefficient (Wildman–Crippen LogP) is 2.76. The van der Waals surface area contributed by atoms with Gasteiger partial charge in [-0.05, 0) is 33.6 Å². The van der Waals surface area contributed by atoms with Crippen LogP contribution in [0.3, 0.4) is 0 Å². The smallest absolute Gasteiger partial charge is 0.410 e. The predicted molar refractivity (Wildman–Crippen MR) is 68.3 cm³/mol. The first-order chi connectivity index (χ1) is 8.38. The summed E-state index contributed by atoms with van der Waals surface area (Å²) in [7, 11) is 0. The van der Waals surface area contributed by atoms with Gasteiger partial charge in [-0.1, -0.05) is 12.8 Å². The van der Waals surface area contributed by atoms with Gasteiger partial charge in [-0.15, -0.1) is 0 Å². The van der Waals surface area contributed by atoms with Crippen LogP contribution in [-0.2, 0) is 9.53 Å². The van der Waals surface area contributed by atoms with Crippen molar-refractivity contribution in [2.45, 2.75) is 64.5 Å². The zero-order valence-electron chi connectivity index (χ0n) is 11.6. The molecule has 2 atom stereocenters. The number of nitrogens with zero attached hydrogens (tertiary/aromatic N) is 1. The van der Waals surface area contributed by atoms with Crippen molar-refractivity contribution in [1.82, 2.24) is 4.90 Å². The monoisotopic (exact) mass is 253 g/mol. The molecule has 1 saturated heterocycles. The van der Waals surface area contributed by atoms with Gasteiger partial charge in [0.15, 0.2) is 0 Å². The molecule has 4 nitrogen and oxygen atoms in total. The number of hydrogen-bond donors (Lipinski definition) is 0. The average Bonchev–Trinajstić information content (AvgIpc) is 2.27. The number of rotatable bonds is 0. The molecular weight excluding hydrogens is 230 g/mol. The Morgan fingerprint density at radius 2 is 1.94 bits per heavy atom. The van der Waals surface area contributed by atoms with Gasteiger partial charge in [-0.25, -0.2) is 4.79 Å². The Hall–Kier alpha value is -1.06. The van der Waals surface area contributed by atoms with Gasteiger partial charge >= 0.3 is 6.09 Å². The van der Waals surface area contributed by atoms with Crippen molar-refractivity contribution in [3.63, 3.8) is 0 Å². The lowest BCUT2D eigenvalue weighted by Gasteiger charge is -2.43. The molecule has 4 heteroatoms. The van der Waals surface area contributed by atoms with Crippen molar-refractivity contribution in [3.8, 4) is 0 Å². The highest BCUT2D eigenvalue weighted by molar-refractivity contribution is 5.84. The van der Waals surface area contributed by atoms with Crippen molar-refractivity contribution in [1.29, 1.82) is 0 Å². The molecule has 1 amide bonds. The van der Waals surface area contributed by atoms with Gasteiger partial charge in [0, 0.05) is 24.9 Å². The van der Waals surface area contributed by atoms with Gasteiger partial charge < -0.3 is 9.64 Å². The van der Waals surface area contributed by atoms with Crippen molar-refractivity contribution < 1.29 is 14.3 Å². The number of fused-ring (bicyclic) bond motifs is 1. The van der Waals surface area contributed by atoms with E-state index in [2.05, 4.69) is 0 Å². The molecular formula is C14H23NO3. The minimum absolute atomic E-state index is 0.0556. The number of Topliss-reactive ketones (excluding diaryl/α,β-unsaturated/α-hetero) is 1. The molecule has 1 heterocycles. The zero-order chi connectivity index (χ0) is 13.3. The van der Waals surface area contributed by atoms with Crippen molar-refractivity contribution in [2.75, 3.05) is 6.54 Å². The van der Waals surface area contributed by atoms with Gasteiger partial charge in [-0.2, -0.15) is 0 Å². The number of likely N-dealkylation sites (tertiary alicyclic amines) is 1. The van der Waals surface area contributed by atoms with Crippen molar-refractivity contribution in [3.05, 3.63) is 0 Å². The molecule has 2 fully saturated rings. The van der Waals surface area contributed by atoms with E-state index in [-0.39, 0.29) is 18.1 Å². The Kier molecular flexibility index (Phi) is 3.64. The van der Waals surface area contributed by atoms with E-state index in [1.54, 1.807) is 4.90 Å². The van der Waals surface area contributed by atoms with E-state index in [1.165, 1.54) is 0 Å². The first-order valence-electron chi connectivity index (χ1n) is 6.91. The van der Waals surface area contributed by atoms with Gasteiger partial charge in [0.1, 0.15) is 11.4 Å². The highest BCUT2D eigenvalue weighted by atomic mass is 16.6. The fourth-order valence-corrected chi connectivity index (χ4v) is 2.99. The molecule has 2 aliphatic rings. The number of carbonyl (C=O) groups is 2. The number of piperidine rings is 1. The second-order valence-corrected chi connectivity index (χ2v) is 6.35. The van der Waals surface area contributed by atoms with Gasteiger partial charge in [0.2, 0.25) is 0 Å². The highest BCUT2D eigenvalue weighted by Gasteiger charge is 2.41. The maximum atomic E-state index is 12.2. The molecule has 1 aliphatic carbocycles. The molecule has 2 unspecified atom stereocenters. The molecule has 0 bridgehead atoms. The molecule has 0 spiro atoms. The van der Waals surface area contributed by atoms with Crippen LogP contribution in [0.25, 0.3) is 0 Å². The van der Waals surface area contributed by atoms with Crippen LogP contribution in [-0.4, -0.2) is 35.0 Å². The molecule has 0 N–H and O–H groups in total. The Labute approximate surface area is 109 Å². The maximum Gasteiger partial charge on any atom is 0.410 e. The van der Waals surface area contributed by atoms with Crippen LogP contribution in [0.5, 0.6) is 0 Å². The molecule has 18 heavy (non-hydrogen) atoms. The number of ether oxygens (including phenoxy) is 1. The minimum Gasteiger partial charge on any atom is -0.444 e. The van der Waals surface area contributed by atoms with E-state index in [4.69, 9.17) is 4.74 Å². The third-order valence-electron chi connectivity index (χ3n) is 3.77. The van der Waals surface area contributed by atoms with E-state index < -0.39 is 5.60 Å². The lowest BCUT2D eigenvalue weighted by Crippen LogP contribution is -2.54. The van der Waals surface area contributed by atoms with E-state index in [9.17, 15) is 9.59 Å². The first kappa shape index (κ1) is 13.4. The fourth-order valence-electron chi connectivity index (χ4n) is 2.99. The molecule has 0 radical (unpaired) electrons. The first-order valence-corrected chi connectivity index (χ1v) is 6.91. The summed E-state index contributed by atoms with van der Waals surface area (Å²) in [5.41, 5.74) is -0.470. The summed E-state index contributed by atoms with van der Waals surface area (Å²) in [6, 6.07) is 0.0786. The quantitative estimate of drug-likeness (QED) is 0.667. The molecule has 0 aromatic rings. The zero-order valence-corrected chi connectivity index (χ0v) is 11.6. The lowest BCUT2D eigenvalue weighted by molar-refractivity contribution is -0.130. The molecule has 1 saturated carbocycles. The molecule has 2 rings (SSSR count). The van der Waals surface area contributed by atoms with E-state index >= 15 is 0 Å². The van der Waals surface area contributed by atoms with Gasteiger partial charge in [0.25, 0.3) is 0 Å². The molecule has 102 valence electrons. The summed E-state index contributed by atoms with van der Waals surface area (Å²) in [5, 5.41) is 0. The van der Waals surface area contributed by atoms with Gasteiger partial charge in [-0.3, -0.25) is 4.79 Å². The Balaban J connectivity index is 2.08. The summed E-state index contributed by atoms with van der Waals surface area (Å²) < 4.78 is 5.44. The largest absolute Gasteiger partial charge is 0.444 e. The van der Waals surface area contributed by atoms with E-state index in [0.29, 0.717) is 18.7 Å². The van der Waals surface area contributed by atoms with Crippen LogP contribution in [0.2, 0.25) is 0 Å². The lowest BCUT2D eigenvalue weighted by atomic mass is 9.78. The second kappa shape index (κ2) is 4.90. The average molecular weight is 253 g/mol. The SMILES string of the molecule is CC(C)(C)OC(=O)N1CCC(=O)C2CCCCC21. The number of amides is 1. The highest BCUT2D eigenvalue weighted by Crippen LogP contribution is 2.34. The topological polar surface area (TPSA) is 46.6 Å². The third-order valence-corrected chi connectivity index (χ3v) is 3.77. The standard InChI is InChI=1S/C14H23NO3/c1-14(2,3)18-13(17)15-9-8-12(16)10-6-4-5-7-11(10)15/h10-11H,4-9H2,1-3H3. The van der Waals surface area contributed by atoms with Crippen molar-refractivity contribution in [2.24, 2.45) is 5.92 Å². The minimum atomic E-state index is -0.470. The molecule has 0 aromatic carbocycles. The van der Waals surface area contributed by atoms with Crippen LogP contribution < -0.4 is 0 Å². The summed E-state index contributed by atoms with van der Waals surface area (Å²) in [5.74, 6) is 0.388. The van der Waals surface area contributed by atoms with Crippen LogP contribution in [0.1, 0.15) is 52.9 Å². The molecule has 1 aliphatic heterocycles. The normalized spacial score (nSPS) is 28.8. The van der Waals surface area contributed by atoms with Crippen LogP contribution >= 0.6 is 0 Å².